The van der Waals surface area contributed by atoms with Crippen LogP contribution in [-0.4, -0.2) is 20.0 Å². The van der Waals surface area contributed by atoms with Crippen molar-refractivity contribution >= 4 is 15.6 Å². The molecule has 0 radical (unpaired) electrons. The smallest absolute Gasteiger partial charge is 0.171 e. The minimum absolute atomic E-state index is 0.0274. The first kappa shape index (κ1) is 11.4. The highest BCUT2D eigenvalue weighted by molar-refractivity contribution is 7.94. The van der Waals surface area contributed by atoms with Crippen LogP contribution in [0.3, 0.4) is 0 Å². The summed E-state index contributed by atoms with van der Waals surface area (Å²) in [6, 6.07) is 0. The Bertz CT molecular complexity index is 262. The third kappa shape index (κ3) is 4.28. The molecule has 0 bridgehead atoms. The molecule has 0 aliphatic carbocycles. The molecule has 0 aromatic carbocycles. The Kier molecular flexibility index (Phi) is 4.17. The fraction of sp³-hybridized carbons (Fsp3) is 0.625. The van der Waals surface area contributed by atoms with Crippen LogP contribution in [0.1, 0.15) is 20.3 Å². The summed E-state index contributed by atoms with van der Waals surface area (Å²) in [7, 11) is -3.21. The summed E-state index contributed by atoms with van der Waals surface area (Å²) in [4.78, 5) is 11.0. The molecule has 4 heteroatoms. The van der Waals surface area contributed by atoms with Gasteiger partial charge in [-0.3, -0.25) is 4.79 Å². The van der Waals surface area contributed by atoms with Gasteiger partial charge in [-0.15, -0.1) is 0 Å². The van der Waals surface area contributed by atoms with Crippen LogP contribution in [0.5, 0.6) is 0 Å². The predicted molar refractivity (Wildman–Crippen MR) is 48.4 cm³/mol. The second-order valence-electron chi connectivity index (χ2n) is 2.90. The maximum absolute atomic E-state index is 11.0. The molecule has 0 aromatic heterocycles. The summed E-state index contributed by atoms with van der Waals surface area (Å²) >= 11 is 0. The third-order valence-electron chi connectivity index (χ3n) is 1.53. The van der Waals surface area contributed by atoms with E-state index in [1.165, 1.54) is 0 Å². The lowest BCUT2D eigenvalue weighted by molar-refractivity contribution is -0.121. The van der Waals surface area contributed by atoms with Gasteiger partial charge in [-0.1, -0.05) is 20.4 Å². The molecule has 70 valence electrons. The molecular formula is C8H14O3S. The number of carbonyl (C=O) groups excluding carboxylic acids is 1. The van der Waals surface area contributed by atoms with Crippen LogP contribution >= 0.6 is 0 Å². The molecule has 3 nitrogen and oxygen atoms in total. The van der Waals surface area contributed by atoms with Crippen molar-refractivity contribution in [2.24, 2.45) is 5.92 Å². The van der Waals surface area contributed by atoms with E-state index in [4.69, 9.17) is 0 Å². The van der Waals surface area contributed by atoms with Crippen LogP contribution < -0.4 is 0 Å². The highest BCUT2D eigenvalue weighted by Crippen LogP contribution is 2.02. The first-order valence-electron chi connectivity index (χ1n) is 3.77. The van der Waals surface area contributed by atoms with Gasteiger partial charge in [0.2, 0.25) is 0 Å². The molecule has 0 unspecified atom stereocenters. The van der Waals surface area contributed by atoms with Crippen molar-refractivity contribution in [2.45, 2.75) is 20.3 Å². The summed E-state index contributed by atoms with van der Waals surface area (Å²) in [5.41, 5.74) is 0. The van der Waals surface area contributed by atoms with Gasteiger partial charge in [0.1, 0.15) is 5.78 Å². The van der Waals surface area contributed by atoms with E-state index in [1.807, 2.05) is 0 Å². The first-order valence-corrected chi connectivity index (χ1v) is 5.48. The fourth-order valence-corrected chi connectivity index (χ4v) is 1.27. The van der Waals surface area contributed by atoms with Crippen molar-refractivity contribution in [1.29, 1.82) is 0 Å². The molecule has 12 heavy (non-hydrogen) atoms. The molecule has 0 saturated carbocycles. The SMILES string of the molecule is C=CS(=O)(=O)CCC(=O)C(C)C. The quantitative estimate of drug-likeness (QED) is 0.653. The minimum Gasteiger partial charge on any atom is -0.299 e. The van der Waals surface area contributed by atoms with E-state index in [-0.39, 0.29) is 23.9 Å². The van der Waals surface area contributed by atoms with E-state index in [0.29, 0.717) is 0 Å². The van der Waals surface area contributed by atoms with Crippen LogP contribution in [0.15, 0.2) is 12.0 Å². The molecule has 0 aliphatic heterocycles. The summed E-state index contributed by atoms with van der Waals surface area (Å²) in [6.07, 6.45) is 0.0893. The number of hydrogen-bond acceptors (Lipinski definition) is 3. The molecule has 0 N–H and O–H groups in total. The van der Waals surface area contributed by atoms with Crippen LogP contribution in [-0.2, 0) is 14.6 Å². The Morgan fingerprint density at radius 2 is 2.00 bits per heavy atom. The van der Waals surface area contributed by atoms with Crippen LogP contribution in [0, 0.1) is 5.92 Å². The average Bonchev–Trinajstić information content (AvgIpc) is 2.00. The summed E-state index contributed by atoms with van der Waals surface area (Å²) in [6.45, 7) is 6.66. The lowest BCUT2D eigenvalue weighted by atomic mass is 10.1. The maximum atomic E-state index is 11.0. The van der Waals surface area contributed by atoms with Crippen molar-refractivity contribution in [3.63, 3.8) is 0 Å². The van der Waals surface area contributed by atoms with Gasteiger partial charge in [0.15, 0.2) is 9.84 Å². The Balaban J connectivity index is 4.01. The number of carbonyl (C=O) groups is 1. The molecular weight excluding hydrogens is 176 g/mol. The lowest BCUT2D eigenvalue weighted by Gasteiger charge is -2.01. The standard InChI is InChI=1S/C8H14O3S/c1-4-12(10,11)6-5-8(9)7(2)3/h4,7H,1,5-6H2,2-3H3. The molecule has 0 atom stereocenters. The van der Waals surface area contributed by atoms with Crippen molar-refractivity contribution in [3.05, 3.63) is 12.0 Å². The molecule has 0 rings (SSSR count). The van der Waals surface area contributed by atoms with Gasteiger partial charge < -0.3 is 0 Å². The fourth-order valence-electron chi connectivity index (χ4n) is 0.615. The van der Waals surface area contributed by atoms with Crippen molar-refractivity contribution in [3.8, 4) is 0 Å². The van der Waals surface area contributed by atoms with Gasteiger partial charge >= 0.3 is 0 Å². The minimum atomic E-state index is -3.21. The highest BCUT2D eigenvalue weighted by atomic mass is 32.2. The molecule has 0 amide bonds. The average molecular weight is 190 g/mol. The van der Waals surface area contributed by atoms with Crippen LogP contribution in [0.4, 0.5) is 0 Å². The third-order valence-corrected chi connectivity index (χ3v) is 2.81. The largest absolute Gasteiger partial charge is 0.299 e. The predicted octanol–water partition coefficient (Wildman–Crippen LogP) is 1.16. The molecule has 0 heterocycles. The number of sulfone groups is 1. The van der Waals surface area contributed by atoms with Gasteiger partial charge in [0.25, 0.3) is 0 Å². The second kappa shape index (κ2) is 4.40. The van der Waals surface area contributed by atoms with Gasteiger partial charge in [0, 0.05) is 17.7 Å². The van der Waals surface area contributed by atoms with Crippen molar-refractivity contribution in [1.82, 2.24) is 0 Å². The Hall–Kier alpha value is -0.640. The van der Waals surface area contributed by atoms with Crippen LogP contribution in [0.25, 0.3) is 0 Å². The highest BCUT2D eigenvalue weighted by Gasteiger charge is 2.11. The van der Waals surface area contributed by atoms with E-state index < -0.39 is 9.84 Å². The van der Waals surface area contributed by atoms with E-state index in [1.54, 1.807) is 13.8 Å². The normalized spacial score (nSPS) is 11.6. The van der Waals surface area contributed by atoms with Crippen molar-refractivity contribution < 1.29 is 13.2 Å². The van der Waals surface area contributed by atoms with Gasteiger partial charge in [-0.2, -0.15) is 0 Å². The zero-order valence-electron chi connectivity index (χ0n) is 7.41. The Morgan fingerprint density at radius 3 is 2.33 bits per heavy atom. The number of ketones is 1. The van der Waals surface area contributed by atoms with Gasteiger partial charge in [-0.25, -0.2) is 8.42 Å². The van der Waals surface area contributed by atoms with E-state index in [2.05, 4.69) is 6.58 Å². The summed E-state index contributed by atoms with van der Waals surface area (Å²) < 4.78 is 21.7. The zero-order chi connectivity index (χ0) is 9.78. The van der Waals surface area contributed by atoms with Crippen LogP contribution in [0.2, 0.25) is 0 Å². The van der Waals surface area contributed by atoms with E-state index in [0.717, 1.165) is 5.41 Å². The summed E-state index contributed by atoms with van der Waals surface area (Å²) in [5, 5.41) is 0.889. The molecule has 0 spiro atoms. The van der Waals surface area contributed by atoms with Gasteiger partial charge in [0.05, 0.1) is 5.75 Å². The van der Waals surface area contributed by atoms with E-state index in [9.17, 15) is 13.2 Å². The maximum Gasteiger partial charge on any atom is 0.171 e. The number of rotatable bonds is 5. The molecule has 0 aromatic rings. The van der Waals surface area contributed by atoms with E-state index >= 15 is 0 Å². The lowest BCUT2D eigenvalue weighted by Crippen LogP contribution is -2.12. The second-order valence-corrected chi connectivity index (χ2v) is 4.97. The zero-order valence-corrected chi connectivity index (χ0v) is 8.23. The molecule has 0 fully saturated rings. The molecule has 0 aliphatic rings. The Morgan fingerprint density at radius 1 is 1.50 bits per heavy atom. The number of hydrogen-bond donors (Lipinski definition) is 0. The topological polar surface area (TPSA) is 51.2 Å². The summed E-state index contributed by atoms with van der Waals surface area (Å²) in [5.74, 6) is -0.238. The van der Waals surface area contributed by atoms with Gasteiger partial charge in [-0.05, 0) is 0 Å². The molecule has 0 saturated heterocycles. The number of Topliss-reactive ketones (excluding diaryl/α,β-unsaturated/α-hetero) is 1. The Labute approximate surface area is 73.4 Å². The monoisotopic (exact) mass is 190 g/mol. The first-order chi connectivity index (χ1) is 5.39. The van der Waals surface area contributed by atoms with Crippen molar-refractivity contribution in [2.75, 3.05) is 5.75 Å².